The maximum Gasteiger partial charge on any atom is 0.358 e. The zero-order valence-electron chi connectivity index (χ0n) is 14.0. The Labute approximate surface area is 144 Å². The molecule has 1 atom stereocenters. The molecule has 2 aliphatic heterocycles. The molecule has 0 aliphatic carbocycles. The van der Waals surface area contributed by atoms with Gasteiger partial charge < -0.3 is 19.6 Å². The summed E-state index contributed by atoms with van der Waals surface area (Å²) in [6.07, 6.45) is 2.21. The third-order valence-electron chi connectivity index (χ3n) is 4.59. The molecule has 2 aromatic heterocycles. The number of methoxy groups -OCH3 is 1. The second-order valence-corrected chi connectivity index (χ2v) is 6.26. The maximum absolute atomic E-state index is 11.6. The summed E-state index contributed by atoms with van der Waals surface area (Å²) in [4.78, 5) is 24.8. The predicted molar refractivity (Wildman–Crippen MR) is 89.5 cm³/mol. The fraction of sp³-hybridized carbons (Fsp3) is 0.500. The van der Waals surface area contributed by atoms with Crippen molar-refractivity contribution in [1.29, 1.82) is 0 Å². The van der Waals surface area contributed by atoms with Gasteiger partial charge in [-0.15, -0.1) is 0 Å². The topological polar surface area (TPSA) is 96.6 Å². The van der Waals surface area contributed by atoms with E-state index in [1.807, 2.05) is 10.7 Å². The molecule has 1 N–H and O–H groups in total. The highest BCUT2D eigenvalue weighted by Gasteiger charge is 2.25. The fourth-order valence-corrected chi connectivity index (χ4v) is 3.26. The van der Waals surface area contributed by atoms with E-state index in [2.05, 4.69) is 24.9 Å². The number of ether oxygens (including phenoxy) is 1. The Balaban J connectivity index is 1.53. The van der Waals surface area contributed by atoms with Gasteiger partial charge in [-0.2, -0.15) is 10.1 Å². The summed E-state index contributed by atoms with van der Waals surface area (Å²) in [5.41, 5.74) is 1.25. The number of hydrogen-bond donors (Lipinski definition) is 1. The lowest BCUT2D eigenvalue weighted by atomic mass is 10.3. The molecule has 9 heteroatoms. The summed E-state index contributed by atoms with van der Waals surface area (Å²) in [5, 5.41) is 14.0. The fourth-order valence-electron chi connectivity index (χ4n) is 3.26. The number of anilines is 2. The van der Waals surface area contributed by atoms with Crippen LogP contribution in [0.2, 0.25) is 0 Å². The summed E-state index contributed by atoms with van der Waals surface area (Å²) in [7, 11) is 1.35. The maximum atomic E-state index is 11.6. The van der Waals surface area contributed by atoms with Crippen molar-refractivity contribution in [3.63, 3.8) is 0 Å². The zero-order chi connectivity index (χ0) is 17.4. The van der Waals surface area contributed by atoms with Crippen molar-refractivity contribution in [1.82, 2.24) is 19.7 Å². The number of aliphatic hydroxyl groups excluding tert-OH is 1. The highest BCUT2D eigenvalue weighted by Crippen LogP contribution is 2.23. The van der Waals surface area contributed by atoms with Crippen LogP contribution in [0.4, 0.5) is 11.8 Å². The molecule has 2 aliphatic rings. The Morgan fingerprint density at radius 3 is 2.96 bits per heavy atom. The lowest BCUT2D eigenvalue weighted by Crippen LogP contribution is -2.35. The first kappa shape index (κ1) is 15.8. The number of rotatable bonds is 3. The van der Waals surface area contributed by atoms with Gasteiger partial charge in [0.25, 0.3) is 0 Å². The highest BCUT2D eigenvalue weighted by atomic mass is 16.5. The molecule has 9 nitrogen and oxygen atoms in total. The largest absolute Gasteiger partial charge is 0.464 e. The molecule has 1 fully saturated rings. The average Bonchev–Trinajstić information content (AvgIpc) is 3.26. The summed E-state index contributed by atoms with van der Waals surface area (Å²) >= 11 is 0. The first-order chi connectivity index (χ1) is 12.1. The second kappa shape index (κ2) is 6.32. The van der Waals surface area contributed by atoms with Gasteiger partial charge >= 0.3 is 5.97 Å². The number of β-amino-alcohol motifs (C(OH)–C–C–N with tert-alkyl or cyclic N) is 1. The Bertz CT molecular complexity index is 792. The van der Waals surface area contributed by atoms with Crippen LogP contribution in [0.15, 0.2) is 18.3 Å². The van der Waals surface area contributed by atoms with Gasteiger partial charge in [-0.3, -0.25) is 4.68 Å². The van der Waals surface area contributed by atoms with E-state index in [0.29, 0.717) is 37.8 Å². The first-order valence-corrected chi connectivity index (χ1v) is 8.30. The van der Waals surface area contributed by atoms with E-state index in [-0.39, 0.29) is 6.10 Å². The molecule has 0 saturated carbocycles. The van der Waals surface area contributed by atoms with Crippen molar-refractivity contribution < 1.29 is 14.6 Å². The molecule has 4 heterocycles. The van der Waals surface area contributed by atoms with E-state index < -0.39 is 5.97 Å². The molecule has 4 rings (SSSR count). The summed E-state index contributed by atoms with van der Waals surface area (Å²) in [5.74, 6) is 1.04. The van der Waals surface area contributed by atoms with Crippen molar-refractivity contribution in [2.45, 2.75) is 25.6 Å². The minimum Gasteiger partial charge on any atom is -0.464 e. The lowest BCUT2D eigenvalue weighted by molar-refractivity contribution is 0.0593. The van der Waals surface area contributed by atoms with Gasteiger partial charge in [0, 0.05) is 25.8 Å². The summed E-state index contributed by atoms with van der Waals surface area (Å²) < 4.78 is 6.55. The Morgan fingerprint density at radius 2 is 2.20 bits per heavy atom. The van der Waals surface area contributed by atoms with E-state index in [1.165, 1.54) is 7.11 Å². The van der Waals surface area contributed by atoms with E-state index >= 15 is 0 Å². The molecule has 1 saturated heterocycles. The van der Waals surface area contributed by atoms with Crippen LogP contribution in [0, 0.1) is 0 Å². The molecule has 2 aromatic rings. The molecule has 0 unspecified atom stereocenters. The van der Waals surface area contributed by atoms with Crippen LogP contribution in [0.1, 0.15) is 22.6 Å². The van der Waals surface area contributed by atoms with Crippen LogP contribution in [-0.4, -0.2) is 63.7 Å². The van der Waals surface area contributed by atoms with Crippen LogP contribution in [-0.2, 0) is 17.8 Å². The molecule has 0 spiro atoms. The second-order valence-electron chi connectivity index (χ2n) is 6.26. The minimum atomic E-state index is -0.431. The Kier molecular flexibility index (Phi) is 4.00. The minimum absolute atomic E-state index is 0.292. The van der Waals surface area contributed by atoms with Crippen molar-refractivity contribution in [2.75, 3.05) is 36.5 Å². The number of carbonyl (C=O) groups excluding carboxylic acids is 1. The lowest BCUT2D eigenvalue weighted by Gasteiger charge is -2.28. The quantitative estimate of drug-likeness (QED) is 0.780. The van der Waals surface area contributed by atoms with Crippen molar-refractivity contribution in [3.8, 4) is 0 Å². The van der Waals surface area contributed by atoms with Crippen LogP contribution >= 0.6 is 0 Å². The van der Waals surface area contributed by atoms with Crippen LogP contribution in [0.3, 0.4) is 0 Å². The molecule has 0 radical (unpaired) electrons. The standard InChI is InChI=1S/C16H20N6O3/c1-25-15(24)13-8-11-9-21(6-7-22(11)19-13)16-17-4-2-14(18-16)20-5-3-12(23)10-20/h2,4,8,12,23H,3,5-7,9-10H2,1H3/t12-/m0/s1. The molecule has 0 aromatic carbocycles. The van der Waals surface area contributed by atoms with Gasteiger partial charge in [0.05, 0.1) is 32.0 Å². The van der Waals surface area contributed by atoms with Gasteiger partial charge in [0.2, 0.25) is 5.95 Å². The Morgan fingerprint density at radius 1 is 1.32 bits per heavy atom. The number of hydrogen-bond acceptors (Lipinski definition) is 8. The molecule has 0 amide bonds. The normalized spacial score (nSPS) is 19.8. The van der Waals surface area contributed by atoms with Crippen molar-refractivity contribution in [2.24, 2.45) is 0 Å². The number of nitrogens with zero attached hydrogens (tertiary/aromatic N) is 6. The SMILES string of the molecule is COC(=O)c1cc2n(n1)CCN(c1nccc(N3CC[C@H](O)C3)n1)C2. The third kappa shape index (κ3) is 3.02. The van der Waals surface area contributed by atoms with Gasteiger partial charge in [-0.1, -0.05) is 0 Å². The van der Waals surface area contributed by atoms with Crippen LogP contribution in [0.25, 0.3) is 0 Å². The number of fused-ring (bicyclic) bond motifs is 1. The summed E-state index contributed by atoms with van der Waals surface area (Å²) in [6.45, 7) is 3.35. The van der Waals surface area contributed by atoms with Gasteiger partial charge in [0.1, 0.15) is 5.82 Å². The average molecular weight is 344 g/mol. The van der Waals surface area contributed by atoms with E-state index in [0.717, 1.165) is 24.5 Å². The number of aliphatic hydroxyl groups is 1. The first-order valence-electron chi connectivity index (χ1n) is 8.30. The number of esters is 1. The van der Waals surface area contributed by atoms with Crippen molar-refractivity contribution in [3.05, 3.63) is 29.7 Å². The van der Waals surface area contributed by atoms with Gasteiger partial charge in [0.15, 0.2) is 5.69 Å². The number of carbonyl (C=O) groups is 1. The Hall–Kier alpha value is -2.68. The highest BCUT2D eigenvalue weighted by molar-refractivity contribution is 5.87. The van der Waals surface area contributed by atoms with Crippen LogP contribution < -0.4 is 9.80 Å². The smallest absolute Gasteiger partial charge is 0.358 e. The number of aromatic nitrogens is 4. The van der Waals surface area contributed by atoms with Crippen LogP contribution in [0.5, 0.6) is 0 Å². The van der Waals surface area contributed by atoms with Gasteiger partial charge in [-0.25, -0.2) is 9.78 Å². The summed E-state index contributed by atoms with van der Waals surface area (Å²) in [6, 6.07) is 3.61. The molecule has 132 valence electrons. The van der Waals surface area contributed by atoms with Crippen molar-refractivity contribution >= 4 is 17.7 Å². The molecule has 25 heavy (non-hydrogen) atoms. The van der Waals surface area contributed by atoms with Gasteiger partial charge in [-0.05, 0) is 18.6 Å². The monoisotopic (exact) mass is 344 g/mol. The third-order valence-corrected chi connectivity index (χ3v) is 4.59. The van der Waals surface area contributed by atoms with E-state index in [4.69, 9.17) is 4.74 Å². The predicted octanol–water partition coefficient (Wildman–Crippen LogP) is 0.0509. The van der Waals surface area contributed by atoms with E-state index in [1.54, 1.807) is 12.3 Å². The molecule has 0 bridgehead atoms. The molecular weight excluding hydrogens is 324 g/mol. The molecular formula is C16H20N6O3. The zero-order valence-corrected chi connectivity index (χ0v) is 14.0. The van der Waals surface area contributed by atoms with E-state index in [9.17, 15) is 9.90 Å².